The van der Waals surface area contributed by atoms with Gasteiger partial charge in [-0.2, -0.15) is 0 Å². The molecule has 0 fully saturated rings. The van der Waals surface area contributed by atoms with Crippen LogP contribution < -0.4 is 0 Å². The topological polar surface area (TPSA) is 9.23 Å². The number of aryl methyl sites for hydroxylation is 2. The van der Waals surface area contributed by atoms with Crippen LogP contribution in [0.1, 0.15) is 23.6 Å². The minimum atomic E-state index is 0.683. The van der Waals surface area contributed by atoms with Crippen LogP contribution in [0.2, 0.25) is 0 Å². The molecule has 0 aliphatic heterocycles. The zero-order valence-electron chi connectivity index (χ0n) is 7.92. The van der Waals surface area contributed by atoms with E-state index in [0.717, 1.165) is 0 Å². The van der Waals surface area contributed by atoms with Gasteiger partial charge in [0.2, 0.25) is 0 Å². The van der Waals surface area contributed by atoms with Crippen molar-refractivity contribution in [2.45, 2.75) is 27.4 Å². The molecule has 0 heterocycles. The SMILES string of the molecule is C[CH]OCc1ccc(C)cc1C. The molecule has 0 N–H and O–H groups in total. The van der Waals surface area contributed by atoms with Crippen molar-refractivity contribution in [2.75, 3.05) is 0 Å². The van der Waals surface area contributed by atoms with Crippen LogP contribution in [-0.2, 0) is 11.3 Å². The van der Waals surface area contributed by atoms with E-state index in [1.54, 1.807) is 6.61 Å². The maximum atomic E-state index is 5.22. The summed E-state index contributed by atoms with van der Waals surface area (Å²) < 4.78 is 5.22. The summed E-state index contributed by atoms with van der Waals surface area (Å²) in [6.07, 6.45) is 0. The van der Waals surface area contributed by atoms with Gasteiger partial charge in [0, 0.05) is 0 Å². The maximum absolute atomic E-state index is 5.22. The lowest BCUT2D eigenvalue weighted by molar-refractivity contribution is 0.190. The first-order valence-electron chi connectivity index (χ1n) is 4.19. The fourth-order valence-corrected chi connectivity index (χ4v) is 1.18. The molecule has 1 heteroatoms. The first-order valence-corrected chi connectivity index (χ1v) is 4.19. The third-order valence-electron chi connectivity index (χ3n) is 1.90. The number of ether oxygens (including phenoxy) is 1. The van der Waals surface area contributed by atoms with Crippen LogP contribution >= 0.6 is 0 Å². The molecule has 1 radical (unpaired) electrons. The Kier molecular flexibility index (Phi) is 3.30. The highest BCUT2D eigenvalue weighted by Gasteiger charge is 1.97. The van der Waals surface area contributed by atoms with Gasteiger partial charge in [0.05, 0.1) is 13.2 Å². The van der Waals surface area contributed by atoms with E-state index in [2.05, 4.69) is 32.0 Å². The second-order valence-corrected chi connectivity index (χ2v) is 2.98. The van der Waals surface area contributed by atoms with Gasteiger partial charge in [0.1, 0.15) is 0 Å². The summed E-state index contributed by atoms with van der Waals surface area (Å²) in [7, 11) is 0. The Morgan fingerprint density at radius 3 is 2.67 bits per heavy atom. The van der Waals surface area contributed by atoms with Gasteiger partial charge in [-0.05, 0) is 31.9 Å². The smallest absolute Gasteiger partial charge is 0.0810 e. The predicted molar refractivity (Wildman–Crippen MR) is 50.7 cm³/mol. The van der Waals surface area contributed by atoms with E-state index >= 15 is 0 Å². The standard InChI is InChI=1S/C11H15O/c1-4-12-8-11-6-5-9(2)7-10(11)3/h4-7H,8H2,1-3H3. The van der Waals surface area contributed by atoms with Gasteiger partial charge in [0.15, 0.2) is 0 Å². The quantitative estimate of drug-likeness (QED) is 0.665. The Labute approximate surface area is 74.4 Å². The number of hydrogen-bond acceptors (Lipinski definition) is 1. The van der Waals surface area contributed by atoms with E-state index in [9.17, 15) is 0 Å². The van der Waals surface area contributed by atoms with E-state index in [1.165, 1.54) is 16.7 Å². The van der Waals surface area contributed by atoms with Gasteiger partial charge in [-0.15, -0.1) is 0 Å². The number of benzene rings is 1. The van der Waals surface area contributed by atoms with Crippen molar-refractivity contribution in [3.63, 3.8) is 0 Å². The zero-order valence-corrected chi connectivity index (χ0v) is 7.92. The summed E-state index contributed by atoms with van der Waals surface area (Å²) in [4.78, 5) is 0. The Morgan fingerprint density at radius 1 is 1.33 bits per heavy atom. The molecule has 0 unspecified atom stereocenters. The van der Waals surface area contributed by atoms with E-state index in [1.807, 2.05) is 6.92 Å². The molecular weight excluding hydrogens is 148 g/mol. The second-order valence-electron chi connectivity index (χ2n) is 2.98. The average molecular weight is 163 g/mol. The maximum Gasteiger partial charge on any atom is 0.0810 e. The van der Waals surface area contributed by atoms with Crippen molar-refractivity contribution in [1.29, 1.82) is 0 Å². The zero-order chi connectivity index (χ0) is 8.97. The molecular formula is C11H15O. The molecule has 1 rings (SSSR count). The fourth-order valence-electron chi connectivity index (χ4n) is 1.18. The molecule has 0 atom stereocenters. The van der Waals surface area contributed by atoms with Gasteiger partial charge < -0.3 is 4.74 Å². The van der Waals surface area contributed by atoms with Crippen molar-refractivity contribution < 1.29 is 4.74 Å². The fraction of sp³-hybridized carbons (Fsp3) is 0.364. The van der Waals surface area contributed by atoms with Crippen molar-refractivity contribution in [2.24, 2.45) is 0 Å². The molecule has 0 bridgehead atoms. The van der Waals surface area contributed by atoms with E-state index < -0.39 is 0 Å². The lowest BCUT2D eigenvalue weighted by atomic mass is 10.1. The summed E-state index contributed by atoms with van der Waals surface area (Å²) in [5, 5.41) is 0. The summed E-state index contributed by atoms with van der Waals surface area (Å²) >= 11 is 0. The van der Waals surface area contributed by atoms with Crippen LogP contribution in [0.25, 0.3) is 0 Å². The predicted octanol–water partition coefficient (Wildman–Crippen LogP) is 3.00. The third-order valence-corrected chi connectivity index (χ3v) is 1.90. The van der Waals surface area contributed by atoms with Crippen LogP contribution in [0.5, 0.6) is 0 Å². The van der Waals surface area contributed by atoms with Crippen LogP contribution in [0, 0.1) is 20.5 Å². The highest BCUT2D eigenvalue weighted by molar-refractivity contribution is 5.29. The average Bonchev–Trinajstić information content (AvgIpc) is 2.03. The Balaban J connectivity index is 2.72. The minimum absolute atomic E-state index is 0.683. The van der Waals surface area contributed by atoms with Gasteiger partial charge in [-0.3, -0.25) is 0 Å². The van der Waals surface area contributed by atoms with Crippen LogP contribution in [0.3, 0.4) is 0 Å². The van der Waals surface area contributed by atoms with Gasteiger partial charge >= 0.3 is 0 Å². The first kappa shape index (κ1) is 9.27. The van der Waals surface area contributed by atoms with Gasteiger partial charge in [-0.1, -0.05) is 23.8 Å². The molecule has 0 aliphatic carbocycles. The van der Waals surface area contributed by atoms with Crippen molar-refractivity contribution in [1.82, 2.24) is 0 Å². The van der Waals surface area contributed by atoms with E-state index in [4.69, 9.17) is 4.74 Å². The number of hydrogen-bond donors (Lipinski definition) is 0. The van der Waals surface area contributed by atoms with Crippen LogP contribution in [-0.4, -0.2) is 0 Å². The molecule has 1 nitrogen and oxygen atoms in total. The normalized spacial score (nSPS) is 10.2. The monoisotopic (exact) mass is 163 g/mol. The van der Waals surface area contributed by atoms with Crippen molar-refractivity contribution in [3.8, 4) is 0 Å². The summed E-state index contributed by atoms with van der Waals surface area (Å²) in [6.45, 7) is 8.51. The molecule has 0 aliphatic rings. The van der Waals surface area contributed by atoms with Crippen LogP contribution in [0.15, 0.2) is 18.2 Å². The lowest BCUT2D eigenvalue weighted by Gasteiger charge is -2.05. The minimum Gasteiger partial charge on any atom is -0.371 e. The summed E-state index contributed by atoms with van der Waals surface area (Å²) in [6, 6.07) is 6.41. The van der Waals surface area contributed by atoms with Gasteiger partial charge in [-0.25, -0.2) is 0 Å². The molecule has 65 valence electrons. The third kappa shape index (κ3) is 2.35. The lowest BCUT2D eigenvalue weighted by Crippen LogP contribution is -1.92. The largest absolute Gasteiger partial charge is 0.371 e. The first-order chi connectivity index (χ1) is 5.74. The van der Waals surface area contributed by atoms with Crippen molar-refractivity contribution in [3.05, 3.63) is 41.5 Å². The van der Waals surface area contributed by atoms with Gasteiger partial charge in [0.25, 0.3) is 0 Å². The molecule has 0 amide bonds. The molecule has 12 heavy (non-hydrogen) atoms. The second kappa shape index (κ2) is 4.27. The Morgan fingerprint density at radius 2 is 2.08 bits per heavy atom. The molecule has 1 aromatic rings. The molecule has 0 saturated carbocycles. The molecule has 0 spiro atoms. The molecule has 1 aromatic carbocycles. The molecule has 0 aromatic heterocycles. The summed E-state index contributed by atoms with van der Waals surface area (Å²) in [5.41, 5.74) is 3.87. The Bertz CT molecular complexity index is 253. The Hall–Kier alpha value is -0.820. The van der Waals surface area contributed by atoms with Crippen LogP contribution in [0.4, 0.5) is 0 Å². The highest BCUT2D eigenvalue weighted by Crippen LogP contribution is 2.11. The number of rotatable bonds is 3. The highest BCUT2D eigenvalue weighted by atomic mass is 16.5. The summed E-state index contributed by atoms with van der Waals surface area (Å²) in [5.74, 6) is 0. The van der Waals surface area contributed by atoms with E-state index in [0.29, 0.717) is 6.61 Å². The molecule has 0 saturated heterocycles. The van der Waals surface area contributed by atoms with E-state index in [-0.39, 0.29) is 0 Å². The van der Waals surface area contributed by atoms with Crippen molar-refractivity contribution >= 4 is 0 Å².